The van der Waals surface area contributed by atoms with Crippen molar-refractivity contribution >= 4 is 23.1 Å². The highest BCUT2D eigenvalue weighted by Gasteiger charge is 2.20. The molecule has 0 fully saturated rings. The number of nitriles is 1. The molecule has 0 radical (unpaired) electrons. The average molecular weight is 242 g/mol. The molecule has 1 unspecified atom stereocenters. The summed E-state index contributed by atoms with van der Waals surface area (Å²) < 4.78 is 0.978. The third kappa shape index (κ3) is 4.16. The van der Waals surface area contributed by atoms with Gasteiger partial charge in [-0.2, -0.15) is 5.26 Å². The van der Waals surface area contributed by atoms with Crippen LogP contribution in [0.15, 0.2) is 9.85 Å². The molecule has 1 atom stereocenters. The van der Waals surface area contributed by atoms with Crippen molar-refractivity contribution in [2.75, 3.05) is 5.75 Å². The Labute approximate surface area is 97.9 Å². The summed E-state index contributed by atoms with van der Waals surface area (Å²) in [5.74, 6) is 0.940. The summed E-state index contributed by atoms with van der Waals surface area (Å²) in [5.41, 5.74) is 6.93. The lowest BCUT2D eigenvalue weighted by atomic mass is 9.94. The van der Waals surface area contributed by atoms with Crippen LogP contribution in [0, 0.1) is 11.3 Å². The van der Waals surface area contributed by atoms with E-state index in [2.05, 4.69) is 16.3 Å². The Morgan fingerprint density at radius 1 is 1.73 bits per heavy atom. The lowest BCUT2D eigenvalue weighted by Crippen LogP contribution is -2.37. The number of aromatic nitrogens is 2. The molecule has 82 valence electrons. The summed E-state index contributed by atoms with van der Waals surface area (Å²) in [6.07, 6.45) is 2.38. The van der Waals surface area contributed by atoms with Gasteiger partial charge in [-0.1, -0.05) is 30.0 Å². The standard InChI is InChI=1S/C9H14N4S2/c1-2-9(11,6-10)4-3-5-14-8-13-12-7-15-8/h7H,2-5,11H2,1H3. The molecule has 0 aromatic carbocycles. The van der Waals surface area contributed by atoms with Gasteiger partial charge >= 0.3 is 0 Å². The van der Waals surface area contributed by atoms with Crippen molar-refractivity contribution in [3.8, 4) is 6.07 Å². The summed E-state index contributed by atoms with van der Waals surface area (Å²) in [4.78, 5) is 0. The van der Waals surface area contributed by atoms with Crippen molar-refractivity contribution in [2.45, 2.75) is 36.1 Å². The molecule has 0 bridgehead atoms. The Kier molecular flexibility index (Phi) is 5.02. The van der Waals surface area contributed by atoms with E-state index in [1.165, 1.54) is 11.3 Å². The molecule has 0 spiro atoms. The van der Waals surface area contributed by atoms with Crippen LogP contribution in [0.5, 0.6) is 0 Å². The molecule has 4 nitrogen and oxygen atoms in total. The fraction of sp³-hybridized carbons (Fsp3) is 0.667. The molecular formula is C9H14N4S2. The Balaban J connectivity index is 2.20. The van der Waals surface area contributed by atoms with Crippen molar-refractivity contribution in [3.63, 3.8) is 0 Å². The van der Waals surface area contributed by atoms with E-state index in [-0.39, 0.29) is 0 Å². The predicted octanol–water partition coefficient (Wildman–Crippen LogP) is 2.04. The molecule has 0 aliphatic heterocycles. The summed E-state index contributed by atoms with van der Waals surface area (Å²) in [7, 11) is 0. The highest BCUT2D eigenvalue weighted by Crippen LogP contribution is 2.22. The maximum Gasteiger partial charge on any atom is 0.174 e. The molecule has 1 aromatic heterocycles. The lowest BCUT2D eigenvalue weighted by molar-refractivity contribution is 0.478. The van der Waals surface area contributed by atoms with Crippen LogP contribution in [-0.2, 0) is 0 Å². The van der Waals surface area contributed by atoms with Gasteiger partial charge in [0, 0.05) is 5.75 Å². The minimum Gasteiger partial charge on any atom is -0.313 e. The molecule has 1 heterocycles. The summed E-state index contributed by atoms with van der Waals surface area (Å²) in [5, 5.41) is 16.5. The Morgan fingerprint density at radius 3 is 3.07 bits per heavy atom. The molecule has 2 N–H and O–H groups in total. The van der Waals surface area contributed by atoms with Crippen LogP contribution < -0.4 is 5.73 Å². The first-order chi connectivity index (χ1) is 7.20. The topological polar surface area (TPSA) is 75.6 Å². The van der Waals surface area contributed by atoms with Crippen LogP contribution in [0.4, 0.5) is 0 Å². The van der Waals surface area contributed by atoms with Crippen LogP contribution in [0.1, 0.15) is 26.2 Å². The molecule has 0 saturated carbocycles. The first-order valence-electron chi connectivity index (χ1n) is 4.79. The van der Waals surface area contributed by atoms with Crippen molar-refractivity contribution in [2.24, 2.45) is 5.73 Å². The van der Waals surface area contributed by atoms with E-state index in [0.29, 0.717) is 6.42 Å². The largest absolute Gasteiger partial charge is 0.313 e. The molecule has 6 heteroatoms. The lowest BCUT2D eigenvalue weighted by Gasteiger charge is -2.18. The highest BCUT2D eigenvalue weighted by molar-refractivity contribution is 8.00. The monoisotopic (exact) mass is 242 g/mol. The SMILES string of the molecule is CCC(N)(C#N)CCCSc1nncs1. The van der Waals surface area contributed by atoms with Gasteiger partial charge in [-0.3, -0.25) is 0 Å². The highest BCUT2D eigenvalue weighted by atomic mass is 32.2. The zero-order valence-corrected chi connectivity index (χ0v) is 10.3. The van der Waals surface area contributed by atoms with E-state index in [1.807, 2.05) is 6.92 Å². The van der Waals surface area contributed by atoms with E-state index in [4.69, 9.17) is 11.0 Å². The van der Waals surface area contributed by atoms with Gasteiger partial charge in [0.25, 0.3) is 0 Å². The minimum atomic E-state index is -0.651. The van der Waals surface area contributed by atoms with E-state index in [0.717, 1.165) is 22.9 Å². The number of nitrogens with two attached hydrogens (primary N) is 1. The predicted molar refractivity (Wildman–Crippen MR) is 62.7 cm³/mol. The maximum absolute atomic E-state index is 8.87. The average Bonchev–Trinajstić information content (AvgIpc) is 2.77. The smallest absolute Gasteiger partial charge is 0.174 e. The molecule has 0 saturated heterocycles. The number of thioether (sulfide) groups is 1. The van der Waals surface area contributed by atoms with Crippen LogP contribution in [0.3, 0.4) is 0 Å². The summed E-state index contributed by atoms with van der Waals surface area (Å²) in [6, 6.07) is 2.16. The van der Waals surface area contributed by atoms with Gasteiger partial charge < -0.3 is 5.73 Å². The zero-order valence-electron chi connectivity index (χ0n) is 8.64. The second-order valence-corrected chi connectivity index (χ2v) is 5.45. The molecule has 0 aliphatic carbocycles. The van der Waals surface area contributed by atoms with Gasteiger partial charge in [0.2, 0.25) is 0 Å². The van der Waals surface area contributed by atoms with E-state index >= 15 is 0 Å². The Bertz CT molecular complexity index is 319. The van der Waals surface area contributed by atoms with Crippen LogP contribution in [0.2, 0.25) is 0 Å². The second kappa shape index (κ2) is 6.05. The molecule has 1 rings (SSSR count). The van der Waals surface area contributed by atoms with Crippen LogP contribution in [0.25, 0.3) is 0 Å². The third-order valence-corrected chi connectivity index (χ3v) is 4.13. The van der Waals surface area contributed by atoms with E-state index in [1.54, 1.807) is 17.3 Å². The van der Waals surface area contributed by atoms with Gasteiger partial charge in [0.05, 0.1) is 6.07 Å². The fourth-order valence-electron chi connectivity index (χ4n) is 1.08. The minimum absolute atomic E-state index is 0.651. The van der Waals surface area contributed by atoms with Crippen molar-refractivity contribution in [3.05, 3.63) is 5.51 Å². The maximum atomic E-state index is 8.87. The Hall–Kier alpha value is -0.640. The summed E-state index contributed by atoms with van der Waals surface area (Å²) >= 11 is 3.21. The van der Waals surface area contributed by atoms with Crippen molar-refractivity contribution in [1.29, 1.82) is 5.26 Å². The number of hydrogen-bond donors (Lipinski definition) is 1. The van der Waals surface area contributed by atoms with Crippen molar-refractivity contribution < 1.29 is 0 Å². The number of nitrogens with zero attached hydrogens (tertiary/aromatic N) is 3. The quantitative estimate of drug-likeness (QED) is 0.610. The first kappa shape index (κ1) is 12.4. The van der Waals surface area contributed by atoms with Crippen LogP contribution >= 0.6 is 23.1 Å². The van der Waals surface area contributed by atoms with E-state index < -0.39 is 5.54 Å². The molecule has 15 heavy (non-hydrogen) atoms. The molecule has 0 amide bonds. The van der Waals surface area contributed by atoms with Gasteiger partial charge in [0.1, 0.15) is 11.0 Å². The first-order valence-corrected chi connectivity index (χ1v) is 6.66. The normalized spacial score (nSPS) is 14.5. The zero-order chi connectivity index (χ0) is 11.1. The van der Waals surface area contributed by atoms with Crippen LogP contribution in [-0.4, -0.2) is 21.5 Å². The van der Waals surface area contributed by atoms with Gasteiger partial charge in [0.15, 0.2) is 4.34 Å². The molecular weight excluding hydrogens is 228 g/mol. The number of hydrogen-bond acceptors (Lipinski definition) is 6. The molecule has 0 aliphatic rings. The van der Waals surface area contributed by atoms with Gasteiger partial charge in [-0.05, 0) is 19.3 Å². The van der Waals surface area contributed by atoms with Gasteiger partial charge in [-0.25, -0.2) is 0 Å². The number of rotatable bonds is 6. The van der Waals surface area contributed by atoms with Crippen molar-refractivity contribution in [1.82, 2.24) is 10.2 Å². The Morgan fingerprint density at radius 2 is 2.53 bits per heavy atom. The summed E-state index contributed by atoms with van der Waals surface area (Å²) in [6.45, 7) is 1.95. The van der Waals surface area contributed by atoms with Gasteiger partial charge in [-0.15, -0.1) is 10.2 Å². The second-order valence-electron chi connectivity index (χ2n) is 3.28. The fourth-order valence-corrected chi connectivity index (χ4v) is 2.58. The molecule has 1 aromatic rings. The third-order valence-electron chi connectivity index (χ3n) is 2.19. The van der Waals surface area contributed by atoms with E-state index in [9.17, 15) is 0 Å².